The SMILES string of the molecule is C=CCC(O)C(CC(=O)O)NC(=O)CC.CC(=O)c1cccc(N=C(N)N)c1. The summed E-state index contributed by atoms with van der Waals surface area (Å²) in [4.78, 5) is 36.4. The molecule has 1 rings (SSSR count). The molecule has 9 nitrogen and oxygen atoms in total. The number of amides is 1. The summed E-state index contributed by atoms with van der Waals surface area (Å²) in [5, 5.41) is 20.6. The summed E-state index contributed by atoms with van der Waals surface area (Å²) < 4.78 is 0. The first-order valence-electron chi connectivity index (χ1n) is 8.61. The zero-order valence-electron chi connectivity index (χ0n) is 16.1. The van der Waals surface area contributed by atoms with Crippen LogP contribution in [0.5, 0.6) is 0 Å². The number of hydrogen-bond donors (Lipinski definition) is 5. The van der Waals surface area contributed by atoms with Crippen LogP contribution in [0.4, 0.5) is 5.69 Å². The van der Waals surface area contributed by atoms with Crippen LogP contribution in [0, 0.1) is 0 Å². The van der Waals surface area contributed by atoms with Crippen molar-refractivity contribution in [1.82, 2.24) is 5.32 Å². The van der Waals surface area contributed by atoms with Crippen LogP contribution >= 0.6 is 0 Å². The highest BCUT2D eigenvalue weighted by Crippen LogP contribution is 2.13. The Morgan fingerprint density at radius 1 is 1.32 bits per heavy atom. The summed E-state index contributed by atoms with van der Waals surface area (Å²) >= 11 is 0. The molecule has 0 saturated heterocycles. The number of carbonyl (C=O) groups excluding carboxylic acids is 2. The first-order valence-corrected chi connectivity index (χ1v) is 8.61. The van der Waals surface area contributed by atoms with Crippen LogP contribution in [0.3, 0.4) is 0 Å². The minimum Gasteiger partial charge on any atom is -0.481 e. The van der Waals surface area contributed by atoms with Gasteiger partial charge in [-0.1, -0.05) is 25.1 Å². The molecule has 0 spiro atoms. The lowest BCUT2D eigenvalue weighted by Crippen LogP contribution is -2.44. The molecule has 1 aromatic carbocycles. The molecule has 2 atom stereocenters. The average molecular weight is 392 g/mol. The Balaban J connectivity index is 0.000000525. The third kappa shape index (κ3) is 10.7. The lowest BCUT2D eigenvalue weighted by Gasteiger charge is -2.21. The van der Waals surface area contributed by atoms with Crippen LogP contribution in [0.2, 0.25) is 0 Å². The molecule has 0 radical (unpaired) electrons. The van der Waals surface area contributed by atoms with Crippen molar-refractivity contribution in [2.75, 3.05) is 0 Å². The Hall–Kier alpha value is -3.20. The Bertz CT molecular complexity index is 714. The van der Waals surface area contributed by atoms with E-state index in [1.807, 2.05) is 0 Å². The highest BCUT2D eigenvalue weighted by Gasteiger charge is 2.22. The number of carbonyl (C=O) groups is 3. The van der Waals surface area contributed by atoms with Crippen molar-refractivity contribution in [3.8, 4) is 0 Å². The monoisotopic (exact) mass is 392 g/mol. The maximum Gasteiger partial charge on any atom is 0.305 e. The van der Waals surface area contributed by atoms with Gasteiger partial charge >= 0.3 is 5.97 Å². The molecular weight excluding hydrogens is 364 g/mol. The molecule has 0 aliphatic carbocycles. The summed E-state index contributed by atoms with van der Waals surface area (Å²) in [7, 11) is 0. The fourth-order valence-corrected chi connectivity index (χ4v) is 2.06. The van der Waals surface area contributed by atoms with Gasteiger partial charge in [-0.05, 0) is 25.5 Å². The second-order valence-corrected chi connectivity index (χ2v) is 5.86. The number of aliphatic hydroxyl groups is 1. The minimum absolute atomic E-state index is 0.00681. The maximum atomic E-state index is 11.1. The fraction of sp³-hybridized carbons (Fsp3) is 0.368. The van der Waals surface area contributed by atoms with Crippen LogP contribution in [0.1, 0.15) is 43.5 Å². The minimum atomic E-state index is -1.06. The van der Waals surface area contributed by atoms with Crippen molar-refractivity contribution in [2.24, 2.45) is 16.5 Å². The van der Waals surface area contributed by atoms with E-state index in [-0.39, 0.29) is 36.9 Å². The maximum absolute atomic E-state index is 11.1. The number of benzene rings is 1. The highest BCUT2D eigenvalue weighted by molar-refractivity contribution is 5.95. The summed E-state index contributed by atoms with van der Waals surface area (Å²) in [5.74, 6) is -1.35. The van der Waals surface area contributed by atoms with Crippen molar-refractivity contribution in [2.45, 2.75) is 45.3 Å². The van der Waals surface area contributed by atoms with Crippen LogP contribution in [0.25, 0.3) is 0 Å². The largest absolute Gasteiger partial charge is 0.481 e. The van der Waals surface area contributed by atoms with Crippen molar-refractivity contribution in [3.63, 3.8) is 0 Å². The first-order chi connectivity index (χ1) is 13.1. The highest BCUT2D eigenvalue weighted by atomic mass is 16.4. The summed E-state index contributed by atoms with van der Waals surface area (Å²) in [5.41, 5.74) is 11.6. The number of carboxylic acid groups (broad SMARTS) is 1. The van der Waals surface area contributed by atoms with Crippen LogP contribution in [-0.4, -0.2) is 46.0 Å². The van der Waals surface area contributed by atoms with E-state index in [9.17, 15) is 19.5 Å². The van der Waals surface area contributed by atoms with Gasteiger partial charge in [0, 0.05) is 12.0 Å². The quantitative estimate of drug-likeness (QED) is 0.181. The van der Waals surface area contributed by atoms with Crippen molar-refractivity contribution in [1.29, 1.82) is 0 Å². The van der Waals surface area contributed by atoms with Gasteiger partial charge in [0.05, 0.1) is 24.3 Å². The predicted octanol–water partition coefficient (Wildman–Crippen LogP) is 1.09. The summed E-state index contributed by atoms with van der Waals surface area (Å²) in [6.45, 7) is 6.60. The number of aliphatic carboxylic acids is 1. The molecule has 2 unspecified atom stereocenters. The zero-order valence-corrected chi connectivity index (χ0v) is 16.1. The van der Waals surface area contributed by atoms with E-state index in [0.29, 0.717) is 11.3 Å². The van der Waals surface area contributed by atoms with E-state index in [0.717, 1.165) is 0 Å². The molecule has 7 N–H and O–H groups in total. The van der Waals surface area contributed by atoms with E-state index in [2.05, 4.69) is 16.9 Å². The number of hydrogen-bond acceptors (Lipinski definition) is 5. The number of carboxylic acids is 1. The number of nitrogens with two attached hydrogens (primary N) is 2. The number of aliphatic hydroxyl groups excluding tert-OH is 1. The third-order valence-corrected chi connectivity index (χ3v) is 3.45. The molecule has 0 aliphatic heterocycles. The molecular formula is C19H28N4O5. The van der Waals surface area contributed by atoms with Crippen LogP contribution in [-0.2, 0) is 9.59 Å². The Morgan fingerprint density at radius 3 is 2.43 bits per heavy atom. The topological polar surface area (TPSA) is 168 Å². The molecule has 0 bridgehead atoms. The lowest BCUT2D eigenvalue weighted by atomic mass is 10.0. The smallest absolute Gasteiger partial charge is 0.305 e. The number of nitrogens with zero attached hydrogens (tertiary/aromatic N) is 1. The predicted molar refractivity (Wildman–Crippen MR) is 107 cm³/mol. The second-order valence-electron chi connectivity index (χ2n) is 5.86. The third-order valence-electron chi connectivity index (χ3n) is 3.45. The van der Waals surface area contributed by atoms with Crippen molar-refractivity contribution >= 4 is 29.3 Å². The van der Waals surface area contributed by atoms with Gasteiger partial charge in [0.25, 0.3) is 0 Å². The van der Waals surface area contributed by atoms with Crippen molar-refractivity contribution in [3.05, 3.63) is 42.5 Å². The molecule has 0 aliphatic rings. The standard InChI is InChI=1S/C10H17NO4.C9H11N3O/c1-3-5-8(12)7(6-10(14)15)11-9(13)4-2;1-6(13)7-3-2-4-8(5-7)12-9(10)11/h3,7-8,12H,1,4-6H2,2H3,(H,11,13)(H,14,15);2-5H,1H3,(H4,10,11,12). The second kappa shape index (κ2) is 13.0. The number of rotatable bonds is 9. The number of ketones is 1. The van der Waals surface area contributed by atoms with E-state index in [1.165, 1.54) is 13.0 Å². The van der Waals surface area contributed by atoms with Gasteiger partial charge in [-0.3, -0.25) is 14.4 Å². The van der Waals surface area contributed by atoms with Gasteiger partial charge in [0.1, 0.15) is 0 Å². The average Bonchev–Trinajstić information content (AvgIpc) is 2.61. The molecule has 1 aromatic rings. The molecule has 0 saturated carbocycles. The fourth-order valence-electron chi connectivity index (χ4n) is 2.06. The molecule has 0 aromatic heterocycles. The number of aliphatic imine (C=N–C) groups is 1. The number of Topliss-reactive ketones (excluding diaryl/α,β-unsaturated/α-hetero) is 1. The van der Waals surface area contributed by atoms with E-state index in [4.69, 9.17) is 16.6 Å². The van der Waals surface area contributed by atoms with E-state index >= 15 is 0 Å². The first kappa shape index (κ1) is 24.8. The molecule has 0 fully saturated rings. The summed E-state index contributed by atoms with van der Waals surface area (Å²) in [6, 6.07) is 6.06. The number of guanidine groups is 1. The molecule has 0 heterocycles. The van der Waals surface area contributed by atoms with Crippen LogP contribution in [0.15, 0.2) is 41.9 Å². The van der Waals surface area contributed by atoms with Gasteiger partial charge in [0.15, 0.2) is 11.7 Å². The van der Waals surface area contributed by atoms with Gasteiger partial charge in [0.2, 0.25) is 5.91 Å². The molecule has 1 amide bonds. The van der Waals surface area contributed by atoms with E-state index < -0.39 is 18.1 Å². The Morgan fingerprint density at radius 2 is 1.96 bits per heavy atom. The Labute approximate surface area is 164 Å². The van der Waals surface area contributed by atoms with Crippen LogP contribution < -0.4 is 16.8 Å². The van der Waals surface area contributed by atoms with Crippen molar-refractivity contribution < 1.29 is 24.6 Å². The van der Waals surface area contributed by atoms with Gasteiger partial charge in [-0.25, -0.2) is 4.99 Å². The van der Waals surface area contributed by atoms with Gasteiger partial charge in [-0.2, -0.15) is 0 Å². The van der Waals surface area contributed by atoms with Gasteiger partial charge < -0.3 is 27.0 Å². The normalized spacial score (nSPS) is 11.8. The van der Waals surface area contributed by atoms with E-state index in [1.54, 1.807) is 31.2 Å². The van der Waals surface area contributed by atoms with Gasteiger partial charge in [-0.15, -0.1) is 6.58 Å². The molecule has 28 heavy (non-hydrogen) atoms. The number of nitrogens with one attached hydrogen (secondary N) is 1. The Kier molecular flexibility index (Phi) is 11.6. The summed E-state index contributed by atoms with van der Waals surface area (Å²) in [6.07, 6.45) is 0.797. The molecule has 9 heteroatoms. The lowest BCUT2D eigenvalue weighted by molar-refractivity contribution is -0.138. The molecule has 154 valence electrons. The zero-order chi connectivity index (χ0) is 21.7.